The van der Waals surface area contributed by atoms with Crippen molar-refractivity contribution in [2.24, 2.45) is 10.7 Å². The second-order valence-corrected chi connectivity index (χ2v) is 6.39. The van der Waals surface area contributed by atoms with Gasteiger partial charge in [0.05, 0.1) is 18.7 Å². The van der Waals surface area contributed by atoms with Gasteiger partial charge in [-0.05, 0) is 42.3 Å². The number of amides is 1. The van der Waals surface area contributed by atoms with Crippen LogP contribution in [-0.2, 0) is 6.54 Å². The minimum Gasteiger partial charge on any atom is -0.495 e. The molecule has 144 valence electrons. The summed E-state index contributed by atoms with van der Waals surface area (Å²) in [6.45, 7) is 3.19. The summed E-state index contributed by atoms with van der Waals surface area (Å²) in [7, 11) is 1.56. The fraction of sp³-hybridized carbons (Fsp3) is 0.300. The molecule has 0 saturated carbocycles. The van der Waals surface area contributed by atoms with Crippen LogP contribution in [0.2, 0.25) is 5.02 Å². The molecule has 0 saturated heterocycles. The number of carbonyl (C=O) groups excluding carboxylic acids is 1. The zero-order valence-corrected chi connectivity index (χ0v) is 16.3. The van der Waals surface area contributed by atoms with Crippen LogP contribution in [-0.4, -0.2) is 25.5 Å². The van der Waals surface area contributed by atoms with Crippen molar-refractivity contribution in [1.29, 1.82) is 0 Å². The number of halogens is 1. The molecule has 0 aliphatic heterocycles. The number of ether oxygens (including phenoxy) is 1. The standard InChI is InChI=1S/C20H25ClN4O2/c1-3-4-11-23-19(26)15-7-5-14(6-8-15)13-24-20(22)25-16-9-10-18(27-2)17(21)12-16/h5-10,12H,3-4,11,13H2,1-2H3,(H,23,26)(H3,22,24,25). The van der Waals surface area contributed by atoms with Crippen LogP contribution < -0.4 is 21.1 Å². The second kappa shape index (κ2) is 10.4. The van der Waals surface area contributed by atoms with Crippen LogP contribution >= 0.6 is 11.6 Å². The number of hydrogen-bond acceptors (Lipinski definition) is 3. The van der Waals surface area contributed by atoms with E-state index in [2.05, 4.69) is 22.5 Å². The molecule has 6 nitrogen and oxygen atoms in total. The molecule has 0 aromatic heterocycles. The Morgan fingerprint density at radius 1 is 1.22 bits per heavy atom. The zero-order chi connectivity index (χ0) is 19.6. The lowest BCUT2D eigenvalue weighted by atomic mass is 10.1. The van der Waals surface area contributed by atoms with Crippen LogP contribution in [0.1, 0.15) is 35.7 Å². The summed E-state index contributed by atoms with van der Waals surface area (Å²) in [6, 6.07) is 12.6. The normalized spacial score (nSPS) is 11.1. The van der Waals surface area contributed by atoms with Gasteiger partial charge in [0.15, 0.2) is 5.96 Å². The van der Waals surface area contributed by atoms with Gasteiger partial charge in [0.2, 0.25) is 0 Å². The van der Waals surface area contributed by atoms with Crippen molar-refractivity contribution < 1.29 is 9.53 Å². The van der Waals surface area contributed by atoms with Crippen LogP contribution in [0, 0.1) is 0 Å². The van der Waals surface area contributed by atoms with Gasteiger partial charge in [-0.2, -0.15) is 0 Å². The molecule has 0 heterocycles. The van der Waals surface area contributed by atoms with E-state index >= 15 is 0 Å². The van der Waals surface area contributed by atoms with E-state index in [-0.39, 0.29) is 11.9 Å². The highest BCUT2D eigenvalue weighted by atomic mass is 35.5. The Labute approximate surface area is 164 Å². The summed E-state index contributed by atoms with van der Waals surface area (Å²) in [4.78, 5) is 16.3. The van der Waals surface area contributed by atoms with Crippen molar-refractivity contribution in [3.05, 3.63) is 58.6 Å². The van der Waals surface area contributed by atoms with Crippen molar-refractivity contribution in [3.8, 4) is 5.75 Å². The van der Waals surface area contributed by atoms with Gasteiger partial charge >= 0.3 is 0 Å². The third kappa shape index (κ3) is 6.49. The molecule has 27 heavy (non-hydrogen) atoms. The molecular formula is C20H25ClN4O2. The fourth-order valence-corrected chi connectivity index (χ4v) is 2.61. The third-order valence-electron chi connectivity index (χ3n) is 3.89. The van der Waals surface area contributed by atoms with Crippen molar-refractivity contribution in [2.75, 3.05) is 19.0 Å². The Morgan fingerprint density at radius 2 is 1.96 bits per heavy atom. The number of unbranched alkanes of at least 4 members (excludes halogenated alkanes) is 1. The minimum absolute atomic E-state index is 0.0592. The van der Waals surface area contributed by atoms with Crippen LogP contribution in [0.3, 0.4) is 0 Å². The molecule has 2 aromatic carbocycles. The van der Waals surface area contributed by atoms with Gasteiger partial charge in [-0.3, -0.25) is 4.79 Å². The molecule has 2 rings (SSSR count). The van der Waals surface area contributed by atoms with Crippen molar-refractivity contribution in [1.82, 2.24) is 5.32 Å². The Balaban J connectivity index is 1.90. The first-order valence-electron chi connectivity index (χ1n) is 8.81. The molecule has 0 aliphatic rings. The highest BCUT2D eigenvalue weighted by molar-refractivity contribution is 6.32. The quantitative estimate of drug-likeness (QED) is 0.364. The van der Waals surface area contributed by atoms with E-state index in [0.717, 1.165) is 24.1 Å². The molecular weight excluding hydrogens is 364 g/mol. The van der Waals surface area contributed by atoms with E-state index in [4.69, 9.17) is 22.1 Å². The number of methoxy groups -OCH3 is 1. The maximum absolute atomic E-state index is 12.0. The number of benzene rings is 2. The maximum atomic E-state index is 12.0. The molecule has 0 bridgehead atoms. The van der Waals surface area contributed by atoms with Crippen LogP contribution in [0.4, 0.5) is 5.69 Å². The molecule has 0 spiro atoms. The lowest BCUT2D eigenvalue weighted by molar-refractivity contribution is 0.0953. The molecule has 0 unspecified atom stereocenters. The van der Waals surface area contributed by atoms with Gasteiger partial charge in [0, 0.05) is 17.8 Å². The van der Waals surface area contributed by atoms with Gasteiger partial charge in [-0.25, -0.2) is 4.99 Å². The van der Waals surface area contributed by atoms with E-state index in [1.54, 1.807) is 37.4 Å². The predicted octanol–water partition coefficient (Wildman–Crippen LogP) is 3.81. The highest BCUT2D eigenvalue weighted by Gasteiger charge is 2.05. The first-order chi connectivity index (χ1) is 13.0. The Morgan fingerprint density at radius 3 is 2.59 bits per heavy atom. The smallest absolute Gasteiger partial charge is 0.251 e. The number of rotatable bonds is 8. The second-order valence-electron chi connectivity index (χ2n) is 5.98. The number of nitrogens with one attached hydrogen (secondary N) is 2. The highest BCUT2D eigenvalue weighted by Crippen LogP contribution is 2.27. The van der Waals surface area contributed by atoms with E-state index in [1.807, 2.05) is 12.1 Å². The topological polar surface area (TPSA) is 88.7 Å². The average molecular weight is 389 g/mol. The molecule has 0 aliphatic carbocycles. The molecule has 0 fully saturated rings. The Bertz CT molecular complexity index is 791. The van der Waals surface area contributed by atoms with Crippen molar-refractivity contribution in [2.45, 2.75) is 26.3 Å². The summed E-state index contributed by atoms with van der Waals surface area (Å²) >= 11 is 6.09. The Kier molecular flexibility index (Phi) is 7.95. The first kappa shape index (κ1) is 20.6. The minimum atomic E-state index is -0.0592. The number of guanidine groups is 1. The van der Waals surface area contributed by atoms with Crippen molar-refractivity contribution >= 4 is 29.2 Å². The zero-order valence-electron chi connectivity index (χ0n) is 15.6. The lowest BCUT2D eigenvalue weighted by Crippen LogP contribution is -2.24. The molecule has 7 heteroatoms. The number of aliphatic imine (C=N–C) groups is 1. The fourth-order valence-electron chi connectivity index (χ4n) is 2.35. The number of hydrogen-bond donors (Lipinski definition) is 3. The monoisotopic (exact) mass is 388 g/mol. The van der Waals surface area contributed by atoms with Crippen molar-refractivity contribution in [3.63, 3.8) is 0 Å². The molecule has 2 aromatic rings. The molecule has 0 radical (unpaired) electrons. The first-order valence-corrected chi connectivity index (χ1v) is 9.19. The lowest BCUT2D eigenvalue weighted by Gasteiger charge is -2.08. The number of anilines is 1. The van der Waals surface area contributed by atoms with Crippen LogP contribution in [0.15, 0.2) is 47.5 Å². The number of nitrogens with two attached hydrogens (primary N) is 1. The van der Waals surface area contributed by atoms with Gasteiger partial charge < -0.3 is 21.1 Å². The Hall–Kier alpha value is -2.73. The largest absolute Gasteiger partial charge is 0.495 e. The molecule has 1 amide bonds. The van der Waals surface area contributed by atoms with E-state index in [9.17, 15) is 4.79 Å². The number of nitrogens with zero attached hydrogens (tertiary/aromatic N) is 1. The maximum Gasteiger partial charge on any atom is 0.251 e. The summed E-state index contributed by atoms with van der Waals surface area (Å²) in [5, 5.41) is 6.37. The molecule has 4 N–H and O–H groups in total. The average Bonchev–Trinajstić information content (AvgIpc) is 2.67. The SMILES string of the molecule is CCCCNC(=O)c1ccc(CN=C(N)Nc2ccc(OC)c(Cl)c2)cc1. The molecule has 0 atom stereocenters. The summed E-state index contributed by atoms with van der Waals surface area (Å²) in [5.74, 6) is 0.810. The van der Waals surface area contributed by atoms with Gasteiger partial charge in [-0.1, -0.05) is 37.1 Å². The summed E-state index contributed by atoms with van der Waals surface area (Å²) in [6.07, 6.45) is 2.03. The van der Waals surface area contributed by atoms with Gasteiger partial charge in [0.25, 0.3) is 5.91 Å². The van der Waals surface area contributed by atoms with Crippen LogP contribution in [0.25, 0.3) is 0 Å². The predicted molar refractivity (Wildman–Crippen MR) is 111 cm³/mol. The number of carbonyl (C=O) groups is 1. The third-order valence-corrected chi connectivity index (χ3v) is 4.18. The van der Waals surface area contributed by atoms with E-state index in [1.165, 1.54) is 0 Å². The van der Waals surface area contributed by atoms with Crippen LogP contribution in [0.5, 0.6) is 5.75 Å². The van der Waals surface area contributed by atoms with E-state index in [0.29, 0.717) is 29.4 Å². The van der Waals surface area contributed by atoms with Gasteiger partial charge in [0.1, 0.15) is 5.75 Å². The summed E-state index contributed by atoms with van der Waals surface area (Å²) in [5.41, 5.74) is 8.24. The van der Waals surface area contributed by atoms with E-state index < -0.39 is 0 Å². The summed E-state index contributed by atoms with van der Waals surface area (Å²) < 4.78 is 5.11. The van der Waals surface area contributed by atoms with Gasteiger partial charge in [-0.15, -0.1) is 0 Å².